The zero-order chi connectivity index (χ0) is 19.8. The highest BCUT2D eigenvalue weighted by molar-refractivity contribution is 7.92. The third kappa shape index (κ3) is 3.81. The molecule has 0 saturated heterocycles. The van der Waals surface area contributed by atoms with Crippen molar-refractivity contribution >= 4 is 21.6 Å². The minimum Gasteiger partial charge on any atom is -0.346 e. The van der Waals surface area contributed by atoms with E-state index in [1.165, 1.54) is 10.6 Å². The molecule has 0 aromatic heterocycles. The summed E-state index contributed by atoms with van der Waals surface area (Å²) in [6, 6.07) is 13.9. The van der Waals surface area contributed by atoms with Crippen LogP contribution in [0.5, 0.6) is 0 Å². The first-order valence-electron chi connectivity index (χ1n) is 8.64. The lowest BCUT2D eigenvalue weighted by Gasteiger charge is -2.22. The van der Waals surface area contributed by atoms with Crippen molar-refractivity contribution in [2.24, 2.45) is 0 Å². The van der Waals surface area contributed by atoms with Gasteiger partial charge >= 0.3 is 0 Å². The average molecular weight is 383 g/mol. The third-order valence-corrected chi connectivity index (χ3v) is 6.01. The van der Waals surface area contributed by atoms with Crippen LogP contribution in [0, 0.1) is 11.3 Å². The number of rotatable bonds is 4. The van der Waals surface area contributed by atoms with Crippen LogP contribution in [0.1, 0.15) is 46.9 Å². The molecule has 1 heterocycles. The fourth-order valence-electron chi connectivity index (χ4n) is 3.46. The minimum atomic E-state index is -3.35. The number of carbonyl (C=O) groups is 1. The van der Waals surface area contributed by atoms with E-state index in [9.17, 15) is 13.2 Å². The Morgan fingerprint density at radius 1 is 1.26 bits per heavy atom. The second-order valence-corrected chi connectivity index (χ2v) is 8.74. The Hall–Kier alpha value is -2.85. The van der Waals surface area contributed by atoms with Crippen LogP contribution in [-0.4, -0.2) is 26.6 Å². The van der Waals surface area contributed by atoms with Crippen molar-refractivity contribution in [3.8, 4) is 6.07 Å². The first kappa shape index (κ1) is 18.9. The summed E-state index contributed by atoms with van der Waals surface area (Å²) in [6.07, 6.45) is 1.77. The SMILES string of the molecule is CC(NC(=O)c1ccc2c(c1)CC(C)N2S(C)(=O)=O)c1ccc(C#N)cc1. The fourth-order valence-corrected chi connectivity index (χ4v) is 4.72. The van der Waals surface area contributed by atoms with Crippen molar-refractivity contribution in [3.05, 3.63) is 64.7 Å². The Kier molecular flexibility index (Phi) is 4.94. The number of sulfonamides is 1. The quantitative estimate of drug-likeness (QED) is 0.879. The Bertz CT molecular complexity index is 1020. The van der Waals surface area contributed by atoms with Crippen LogP contribution in [0.3, 0.4) is 0 Å². The van der Waals surface area contributed by atoms with Gasteiger partial charge in [-0.05, 0) is 61.7 Å². The number of nitrogens with one attached hydrogen (secondary N) is 1. The Labute approximate surface area is 159 Å². The number of carbonyl (C=O) groups excluding carboxylic acids is 1. The first-order valence-corrected chi connectivity index (χ1v) is 10.5. The molecule has 0 spiro atoms. The Morgan fingerprint density at radius 2 is 1.93 bits per heavy atom. The van der Waals surface area contributed by atoms with E-state index in [1.54, 1.807) is 30.3 Å². The largest absolute Gasteiger partial charge is 0.346 e. The van der Waals surface area contributed by atoms with Crippen LogP contribution >= 0.6 is 0 Å². The van der Waals surface area contributed by atoms with Gasteiger partial charge in [0.1, 0.15) is 0 Å². The van der Waals surface area contributed by atoms with Crippen molar-refractivity contribution in [1.82, 2.24) is 5.32 Å². The summed E-state index contributed by atoms with van der Waals surface area (Å²) in [4.78, 5) is 12.6. The zero-order valence-corrected chi connectivity index (χ0v) is 16.2. The lowest BCUT2D eigenvalue weighted by molar-refractivity contribution is 0.0940. The van der Waals surface area contributed by atoms with Gasteiger partial charge in [-0.1, -0.05) is 12.1 Å². The summed E-state index contributed by atoms with van der Waals surface area (Å²) in [5.74, 6) is -0.222. The molecule has 0 saturated carbocycles. The van der Waals surface area contributed by atoms with E-state index in [0.29, 0.717) is 23.2 Å². The van der Waals surface area contributed by atoms with E-state index in [1.807, 2.05) is 26.0 Å². The van der Waals surface area contributed by atoms with Crippen LogP contribution < -0.4 is 9.62 Å². The van der Waals surface area contributed by atoms with E-state index in [-0.39, 0.29) is 18.0 Å². The Morgan fingerprint density at radius 3 is 2.52 bits per heavy atom. The number of amides is 1. The highest BCUT2D eigenvalue weighted by atomic mass is 32.2. The molecule has 0 aliphatic carbocycles. The second-order valence-electron chi connectivity index (χ2n) is 6.88. The van der Waals surface area contributed by atoms with Gasteiger partial charge in [-0.25, -0.2) is 8.42 Å². The van der Waals surface area contributed by atoms with Gasteiger partial charge in [0.15, 0.2) is 0 Å². The normalized spacial score (nSPS) is 17.1. The summed E-state index contributed by atoms with van der Waals surface area (Å²) in [5.41, 5.74) is 3.46. The Balaban J connectivity index is 1.78. The summed E-state index contributed by atoms with van der Waals surface area (Å²) >= 11 is 0. The van der Waals surface area contributed by atoms with Crippen molar-refractivity contribution < 1.29 is 13.2 Å². The predicted octanol–water partition coefficient (Wildman–Crippen LogP) is 2.76. The number of nitrogens with zero attached hydrogens (tertiary/aromatic N) is 2. The molecule has 0 fully saturated rings. The van der Waals surface area contributed by atoms with Crippen molar-refractivity contribution in [2.75, 3.05) is 10.6 Å². The fraction of sp³-hybridized carbons (Fsp3) is 0.300. The average Bonchev–Trinajstić information content (AvgIpc) is 2.96. The number of nitriles is 1. The van der Waals surface area contributed by atoms with E-state index in [2.05, 4.69) is 11.4 Å². The van der Waals surface area contributed by atoms with Crippen LogP contribution in [0.15, 0.2) is 42.5 Å². The second kappa shape index (κ2) is 7.05. The molecular weight excluding hydrogens is 362 g/mol. The summed E-state index contributed by atoms with van der Waals surface area (Å²) < 4.78 is 25.4. The number of hydrogen-bond acceptors (Lipinski definition) is 4. The molecule has 2 aromatic carbocycles. The molecule has 1 aliphatic heterocycles. The van der Waals surface area contributed by atoms with Crippen molar-refractivity contribution in [1.29, 1.82) is 5.26 Å². The van der Waals surface area contributed by atoms with Gasteiger partial charge in [0.2, 0.25) is 10.0 Å². The van der Waals surface area contributed by atoms with Gasteiger partial charge in [-0.15, -0.1) is 0 Å². The highest BCUT2D eigenvalue weighted by Crippen LogP contribution is 2.34. The predicted molar refractivity (Wildman–Crippen MR) is 104 cm³/mol. The molecule has 1 amide bonds. The van der Waals surface area contributed by atoms with Gasteiger partial charge in [-0.3, -0.25) is 9.10 Å². The lowest BCUT2D eigenvalue weighted by Crippen LogP contribution is -2.34. The molecule has 7 heteroatoms. The molecule has 0 bridgehead atoms. The van der Waals surface area contributed by atoms with E-state index < -0.39 is 10.0 Å². The molecule has 2 atom stereocenters. The van der Waals surface area contributed by atoms with Gasteiger partial charge in [0.05, 0.1) is 29.6 Å². The van der Waals surface area contributed by atoms with Crippen LogP contribution in [0.25, 0.3) is 0 Å². The smallest absolute Gasteiger partial charge is 0.251 e. The van der Waals surface area contributed by atoms with Gasteiger partial charge in [-0.2, -0.15) is 5.26 Å². The van der Waals surface area contributed by atoms with E-state index in [0.717, 1.165) is 11.1 Å². The van der Waals surface area contributed by atoms with Crippen molar-refractivity contribution in [3.63, 3.8) is 0 Å². The molecule has 140 valence electrons. The number of benzene rings is 2. The molecule has 3 rings (SSSR count). The molecule has 0 radical (unpaired) electrons. The monoisotopic (exact) mass is 383 g/mol. The van der Waals surface area contributed by atoms with Crippen LogP contribution in [0.4, 0.5) is 5.69 Å². The number of hydrogen-bond donors (Lipinski definition) is 1. The third-order valence-electron chi connectivity index (χ3n) is 4.74. The molecule has 2 aromatic rings. The van der Waals surface area contributed by atoms with Crippen LogP contribution in [0.2, 0.25) is 0 Å². The molecular formula is C20H21N3O3S. The van der Waals surface area contributed by atoms with Crippen LogP contribution in [-0.2, 0) is 16.4 Å². The molecule has 2 unspecified atom stereocenters. The summed E-state index contributed by atoms with van der Waals surface area (Å²) in [5, 5.41) is 11.8. The van der Waals surface area contributed by atoms with Gasteiger partial charge < -0.3 is 5.32 Å². The van der Waals surface area contributed by atoms with E-state index in [4.69, 9.17) is 5.26 Å². The lowest BCUT2D eigenvalue weighted by atomic mass is 10.0. The molecule has 1 aliphatic rings. The molecule has 6 nitrogen and oxygen atoms in total. The van der Waals surface area contributed by atoms with Crippen molar-refractivity contribution in [2.45, 2.75) is 32.4 Å². The number of fused-ring (bicyclic) bond motifs is 1. The van der Waals surface area contributed by atoms with Gasteiger partial charge in [0.25, 0.3) is 5.91 Å². The highest BCUT2D eigenvalue weighted by Gasteiger charge is 2.32. The maximum atomic E-state index is 12.6. The van der Waals surface area contributed by atoms with Gasteiger partial charge in [0, 0.05) is 11.6 Å². The van der Waals surface area contributed by atoms with E-state index >= 15 is 0 Å². The topological polar surface area (TPSA) is 90.3 Å². The number of anilines is 1. The zero-order valence-electron chi connectivity index (χ0n) is 15.4. The molecule has 27 heavy (non-hydrogen) atoms. The maximum absolute atomic E-state index is 12.6. The minimum absolute atomic E-state index is 0.161. The molecule has 1 N–H and O–H groups in total. The standard InChI is InChI=1S/C20H21N3O3S/c1-13-10-18-11-17(8-9-19(18)23(13)27(3,25)26)20(24)22-14(2)16-6-4-15(12-21)5-7-16/h4-9,11,13-14H,10H2,1-3H3,(H,22,24). The maximum Gasteiger partial charge on any atom is 0.251 e. The summed E-state index contributed by atoms with van der Waals surface area (Å²) in [6.45, 7) is 3.73. The summed E-state index contributed by atoms with van der Waals surface area (Å²) in [7, 11) is -3.35. The first-order chi connectivity index (χ1) is 12.7.